The molecule has 0 aromatic rings. The predicted molar refractivity (Wildman–Crippen MR) is 144 cm³/mol. The van der Waals surface area contributed by atoms with Gasteiger partial charge in [0.2, 0.25) is 5.91 Å². The summed E-state index contributed by atoms with van der Waals surface area (Å²) < 4.78 is 29.1. The summed E-state index contributed by atoms with van der Waals surface area (Å²) in [4.78, 5) is 29.7. The van der Waals surface area contributed by atoms with E-state index < -0.39 is 67.1 Å². The first-order valence-corrected chi connectivity index (χ1v) is 14.3. The van der Waals surface area contributed by atoms with Gasteiger partial charge in [-0.3, -0.25) is 9.59 Å². The molecule has 3 rings (SSSR count). The van der Waals surface area contributed by atoms with Gasteiger partial charge in [0.25, 0.3) is 5.91 Å². The van der Waals surface area contributed by atoms with Crippen LogP contribution in [0.4, 0.5) is 0 Å². The number of aliphatic hydroxyl groups excluding tert-OH is 3. The molecule has 2 bridgehead atoms. The Kier molecular flexibility index (Phi) is 12.7. The van der Waals surface area contributed by atoms with Crippen molar-refractivity contribution in [1.82, 2.24) is 10.6 Å². The van der Waals surface area contributed by atoms with Gasteiger partial charge < -0.3 is 54.5 Å². The fraction of sp³-hybridized carbons (Fsp3) is 0.889. The van der Waals surface area contributed by atoms with E-state index in [4.69, 9.17) is 23.7 Å². The number of ether oxygens (including phenoxy) is 5. The fourth-order valence-electron chi connectivity index (χ4n) is 5.35. The standard InChI is InChI=1S/C27H47N3O11/c1-13(2)18-19(32)24(25(35)29-11-7-10-28-17(31)9-8-15(5)30-36-6)41-26(20(18)33)40-22-16-12-37-23(22)21(34)27(39-16)38-14(3)4/h13-14,16,18-24,26-27,32-34H,7-12H2,1-6H3,(H,28,31)(H,29,35)/t16-,18+,19-,20?,21?,22-,23?,24?,26-,27+/m1/s1. The Balaban J connectivity index is 1.54. The van der Waals surface area contributed by atoms with Crippen molar-refractivity contribution in [3.05, 3.63) is 0 Å². The predicted octanol–water partition coefficient (Wildman–Crippen LogP) is -0.575. The summed E-state index contributed by atoms with van der Waals surface area (Å²) >= 11 is 0. The van der Waals surface area contributed by atoms with Gasteiger partial charge in [-0.15, -0.1) is 0 Å². The highest BCUT2D eigenvalue weighted by atomic mass is 16.8. The van der Waals surface area contributed by atoms with E-state index in [0.717, 1.165) is 0 Å². The Labute approximate surface area is 241 Å². The Bertz CT molecular complexity index is 889. The third-order valence-corrected chi connectivity index (χ3v) is 7.39. The average molecular weight is 590 g/mol. The summed E-state index contributed by atoms with van der Waals surface area (Å²) in [6.07, 6.45) is -8.24. The third-order valence-electron chi connectivity index (χ3n) is 7.39. The van der Waals surface area contributed by atoms with E-state index in [1.54, 1.807) is 6.92 Å². The number of aliphatic hydroxyl groups is 3. The highest BCUT2D eigenvalue weighted by molar-refractivity contribution is 5.86. The van der Waals surface area contributed by atoms with Gasteiger partial charge >= 0.3 is 0 Å². The van der Waals surface area contributed by atoms with Crippen LogP contribution in [0.5, 0.6) is 0 Å². The number of fused-ring (bicyclic) bond motifs is 2. The number of hydrogen-bond donors (Lipinski definition) is 5. The first-order chi connectivity index (χ1) is 19.4. The van der Waals surface area contributed by atoms with Crippen LogP contribution < -0.4 is 10.6 Å². The molecule has 5 N–H and O–H groups in total. The van der Waals surface area contributed by atoms with Crippen molar-refractivity contribution < 1.29 is 53.4 Å². The maximum atomic E-state index is 13.0. The van der Waals surface area contributed by atoms with Gasteiger partial charge in [0.1, 0.15) is 37.6 Å². The van der Waals surface area contributed by atoms with Gasteiger partial charge in [0.05, 0.1) is 24.5 Å². The third kappa shape index (κ3) is 8.80. The average Bonchev–Trinajstić information content (AvgIpc) is 3.21. The molecule has 14 nitrogen and oxygen atoms in total. The van der Waals surface area contributed by atoms with Crippen LogP contribution in [-0.4, -0.2) is 121 Å². The summed E-state index contributed by atoms with van der Waals surface area (Å²) in [5.41, 5.74) is 0.713. The maximum absolute atomic E-state index is 13.0. The van der Waals surface area contributed by atoms with Crippen LogP contribution in [0.1, 0.15) is 53.9 Å². The van der Waals surface area contributed by atoms with Crippen molar-refractivity contribution in [2.75, 3.05) is 26.8 Å². The van der Waals surface area contributed by atoms with E-state index in [1.807, 2.05) is 27.7 Å². The molecule has 0 radical (unpaired) electrons. The fourth-order valence-corrected chi connectivity index (χ4v) is 5.35. The Morgan fingerprint density at radius 3 is 2.34 bits per heavy atom. The number of nitrogens with one attached hydrogen (secondary N) is 2. The van der Waals surface area contributed by atoms with Crippen LogP contribution in [0.15, 0.2) is 5.16 Å². The number of amides is 2. The largest absolute Gasteiger partial charge is 0.399 e. The summed E-state index contributed by atoms with van der Waals surface area (Å²) in [6, 6.07) is 0. The quantitative estimate of drug-likeness (QED) is 0.0992. The Hall–Kier alpha value is -1.91. The zero-order chi connectivity index (χ0) is 30.3. The van der Waals surface area contributed by atoms with Gasteiger partial charge in [-0.1, -0.05) is 19.0 Å². The molecule has 3 heterocycles. The highest BCUT2D eigenvalue weighted by Crippen LogP contribution is 2.37. The maximum Gasteiger partial charge on any atom is 0.251 e. The van der Waals surface area contributed by atoms with Crippen LogP contribution in [0, 0.1) is 11.8 Å². The molecule has 14 heteroatoms. The molecule has 0 aliphatic carbocycles. The molecule has 0 saturated carbocycles. The van der Waals surface area contributed by atoms with Crippen LogP contribution in [0.3, 0.4) is 0 Å². The molecule has 10 atom stereocenters. The minimum absolute atomic E-state index is 0.140. The lowest BCUT2D eigenvalue weighted by Crippen LogP contribution is -2.63. The van der Waals surface area contributed by atoms with Crippen LogP contribution in [-0.2, 0) is 38.1 Å². The van der Waals surface area contributed by atoms with Crippen LogP contribution in [0.25, 0.3) is 0 Å². The second kappa shape index (κ2) is 15.5. The van der Waals surface area contributed by atoms with E-state index >= 15 is 0 Å². The highest BCUT2D eigenvalue weighted by Gasteiger charge is 2.56. The minimum Gasteiger partial charge on any atom is -0.399 e. The van der Waals surface area contributed by atoms with E-state index in [2.05, 4.69) is 20.6 Å². The van der Waals surface area contributed by atoms with Gasteiger partial charge in [0.15, 0.2) is 18.7 Å². The molecule has 2 amide bonds. The number of nitrogens with zero attached hydrogens (tertiary/aromatic N) is 1. The van der Waals surface area contributed by atoms with E-state index in [1.165, 1.54) is 7.11 Å². The van der Waals surface area contributed by atoms with Crippen molar-refractivity contribution in [3.8, 4) is 0 Å². The number of carbonyl (C=O) groups excluding carboxylic acids is 2. The Morgan fingerprint density at radius 1 is 0.976 bits per heavy atom. The Morgan fingerprint density at radius 2 is 1.68 bits per heavy atom. The summed E-state index contributed by atoms with van der Waals surface area (Å²) in [5.74, 6) is -1.63. The molecule has 3 aliphatic rings. The zero-order valence-electron chi connectivity index (χ0n) is 24.7. The van der Waals surface area contributed by atoms with E-state index in [9.17, 15) is 24.9 Å². The van der Waals surface area contributed by atoms with Crippen molar-refractivity contribution >= 4 is 17.5 Å². The van der Waals surface area contributed by atoms with Crippen molar-refractivity contribution in [1.29, 1.82) is 0 Å². The first-order valence-electron chi connectivity index (χ1n) is 14.3. The van der Waals surface area contributed by atoms with Gasteiger partial charge in [-0.05, 0) is 39.5 Å². The van der Waals surface area contributed by atoms with Gasteiger partial charge in [-0.25, -0.2) is 0 Å². The summed E-state index contributed by atoms with van der Waals surface area (Å²) in [6.45, 7) is 9.82. The number of oxime groups is 1. The van der Waals surface area contributed by atoms with Gasteiger partial charge in [-0.2, -0.15) is 0 Å². The minimum atomic E-state index is -1.31. The monoisotopic (exact) mass is 589 g/mol. The van der Waals surface area contributed by atoms with Crippen molar-refractivity contribution in [3.63, 3.8) is 0 Å². The molecule has 0 spiro atoms. The van der Waals surface area contributed by atoms with Crippen molar-refractivity contribution in [2.45, 2.75) is 115 Å². The van der Waals surface area contributed by atoms with Gasteiger partial charge in [0, 0.05) is 25.4 Å². The molecule has 3 saturated heterocycles. The molecule has 0 aromatic carbocycles. The van der Waals surface area contributed by atoms with Crippen LogP contribution in [0.2, 0.25) is 0 Å². The lowest BCUT2D eigenvalue weighted by atomic mass is 9.80. The molecule has 41 heavy (non-hydrogen) atoms. The topological polar surface area (TPSA) is 187 Å². The van der Waals surface area contributed by atoms with Crippen LogP contribution >= 0.6 is 0 Å². The second-order valence-corrected chi connectivity index (χ2v) is 11.3. The number of hydrogen-bond acceptors (Lipinski definition) is 12. The molecular formula is C27H47N3O11. The zero-order valence-corrected chi connectivity index (χ0v) is 24.7. The molecular weight excluding hydrogens is 542 g/mol. The smallest absolute Gasteiger partial charge is 0.251 e. The SMILES string of the molecule is CON=C(C)CCC(=O)NCCCNC(=O)C1O[C@@H](O[C@H]2C3OC[C@H]2O[C@H](OC(C)C)C3O)C(O)[C@@H](C(C)C)[C@H]1O. The molecule has 0 aromatic heterocycles. The van der Waals surface area contributed by atoms with E-state index in [-0.39, 0.29) is 37.5 Å². The van der Waals surface area contributed by atoms with Crippen molar-refractivity contribution in [2.24, 2.45) is 17.0 Å². The molecule has 4 unspecified atom stereocenters. The lowest BCUT2D eigenvalue weighted by molar-refractivity contribution is -0.333. The van der Waals surface area contributed by atoms with E-state index in [0.29, 0.717) is 25.1 Å². The second-order valence-electron chi connectivity index (χ2n) is 11.3. The molecule has 3 aliphatic heterocycles. The first kappa shape index (κ1) is 33.6. The summed E-state index contributed by atoms with van der Waals surface area (Å²) in [5, 5.41) is 42.1. The summed E-state index contributed by atoms with van der Waals surface area (Å²) in [7, 11) is 1.45. The lowest BCUT2D eigenvalue weighted by Gasteiger charge is -2.46. The number of carbonyl (C=O) groups is 2. The normalized spacial score (nSPS) is 35.5. The molecule has 3 fully saturated rings. The number of rotatable bonds is 14. The molecule has 236 valence electrons.